The molecule has 0 saturated carbocycles. The first-order valence-corrected chi connectivity index (χ1v) is 7.82. The zero-order valence-corrected chi connectivity index (χ0v) is 12.9. The van der Waals surface area contributed by atoms with E-state index in [0.29, 0.717) is 5.02 Å². The summed E-state index contributed by atoms with van der Waals surface area (Å²) in [4.78, 5) is 5.61. The van der Waals surface area contributed by atoms with Crippen LogP contribution in [0.2, 0.25) is 9.36 Å². The van der Waals surface area contributed by atoms with Crippen LogP contribution in [0.25, 0.3) is 10.9 Å². The molecular weight excluding hydrogens is 311 g/mol. The molecule has 20 heavy (non-hydrogen) atoms. The van der Waals surface area contributed by atoms with Gasteiger partial charge in [0.25, 0.3) is 0 Å². The van der Waals surface area contributed by atoms with E-state index in [1.807, 2.05) is 30.3 Å². The summed E-state index contributed by atoms with van der Waals surface area (Å²) in [5.41, 5.74) is 1.98. The van der Waals surface area contributed by atoms with Crippen LogP contribution < -0.4 is 5.32 Å². The van der Waals surface area contributed by atoms with Crippen molar-refractivity contribution >= 4 is 51.1 Å². The smallest absolute Gasteiger partial charge is 0.0931 e. The van der Waals surface area contributed by atoms with Crippen molar-refractivity contribution in [3.05, 3.63) is 56.8 Å². The van der Waals surface area contributed by atoms with E-state index >= 15 is 0 Å². The molecule has 0 fully saturated rings. The highest BCUT2D eigenvalue weighted by atomic mass is 35.5. The Morgan fingerprint density at radius 3 is 2.80 bits per heavy atom. The second-order valence-electron chi connectivity index (χ2n) is 4.40. The summed E-state index contributed by atoms with van der Waals surface area (Å²) in [5.74, 6) is 0. The Bertz CT molecular complexity index is 740. The summed E-state index contributed by atoms with van der Waals surface area (Å²) in [6.07, 6.45) is 2.75. The lowest BCUT2D eigenvalue weighted by Gasteiger charge is -2.09. The molecule has 0 saturated heterocycles. The van der Waals surface area contributed by atoms with Crippen LogP contribution in [0.1, 0.15) is 4.88 Å². The second kappa shape index (κ2) is 6.00. The number of nitrogens with one attached hydrogen (secondary N) is 1. The number of rotatable bonds is 4. The molecule has 2 heterocycles. The summed E-state index contributed by atoms with van der Waals surface area (Å²) < 4.78 is 0.837. The minimum absolute atomic E-state index is 0.704. The van der Waals surface area contributed by atoms with Crippen LogP contribution in [-0.2, 0) is 6.42 Å². The first-order chi connectivity index (χ1) is 9.72. The maximum Gasteiger partial charge on any atom is 0.0931 e. The molecule has 102 valence electrons. The number of nitrogens with zero attached hydrogens (tertiary/aromatic N) is 1. The van der Waals surface area contributed by atoms with Gasteiger partial charge in [0.1, 0.15) is 0 Å². The lowest BCUT2D eigenvalue weighted by atomic mass is 10.2. The van der Waals surface area contributed by atoms with Crippen molar-refractivity contribution in [2.24, 2.45) is 0 Å². The summed E-state index contributed by atoms with van der Waals surface area (Å²) in [6.45, 7) is 0.860. The molecule has 0 aliphatic rings. The first kappa shape index (κ1) is 13.7. The van der Waals surface area contributed by atoms with Gasteiger partial charge < -0.3 is 5.32 Å². The highest BCUT2D eigenvalue weighted by Crippen LogP contribution is 2.25. The van der Waals surface area contributed by atoms with Gasteiger partial charge in [-0.1, -0.05) is 23.2 Å². The van der Waals surface area contributed by atoms with Gasteiger partial charge in [-0.2, -0.15) is 0 Å². The van der Waals surface area contributed by atoms with E-state index in [1.165, 1.54) is 4.88 Å². The van der Waals surface area contributed by atoms with Crippen molar-refractivity contribution in [3.63, 3.8) is 0 Å². The van der Waals surface area contributed by atoms with Gasteiger partial charge in [-0.25, -0.2) is 0 Å². The molecular formula is C15H12Cl2N2S. The van der Waals surface area contributed by atoms with Gasteiger partial charge >= 0.3 is 0 Å². The van der Waals surface area contributed by atoms with Crippen LogP contribution in [0.4, 0.5) is 5.69 Å². The summed E-state index contributed by atoms with van der Waals surface area (Å²) in [7, 11) is 0. The number of fused-ring (bicyclic) bond motifs is 1. The van der Waals surface area contributed by atoms with Crippen LogP contribution in [0.15, 0.2) is 42.6 Å². The molecule has 0 bridgehead atoms. The van der Waals surface area contributed by atoms with E-state index in [0.717, 1.165) is 33.9 Å². The van der Waals surface area contributed by atoms with Gasteiger partial charge in [-0.3, -0.25) is 4.98 Å². The zero-order chi connectivity index (χ0) is 13.9. The Labute approximate surface area is 131 Å². The molecule has 0 spiro atoms. The fourth-order valence-corrected chi connectivity index (χ4v) is 3.34. The number of halogens is 2. The van der Waals surface area contributed by atoms with Crippen LogP contribution in [0.3, 0.4) is 0 Å². The second-order valence-corrected chi connectivity index (χ2v) is 6.64. The average Bonchev–Trinajstić information content (AvgIpc) is 2.84. The first-order valence-electron chi connectivity index (χ1n) is 6.25. The number of anilines is 1. The molecule has 0 amide bonds. The number of benzene rings is 1. The molecule has 1 N–H and O–H groups in total. The third-order valence-electron chi connectivity index (χ3n) is 3.02. The van der Waals surface area contributed by atoms with E-state index in [9.17, 15) is 0 Å². The number of thiophene rings is 1. The van der Waals surface area contributed by atoms with Gasteiger partial charge in [-0.05, 0) is 42.8 Å². The third-order valence-corrected chi connectivity index (χ3v) is 4.55. The fraction of sp³-hybridized carbons (Fsp3) is 0.133. The lowest BCUT2D eigenvalue weighted by Crippen LogP contribution is -2.04. The monoisotopic (exact) mass is 322 g/mol. The van der Waals surface area contributed by atoms with Crippen LogP contribution >= 0.6 is 34.5 Å². The van der Waals surface area contributed by atoms with Crippen LogP contribution in [0, 0.1) is 0 Å². The Morgan fingerprint density at radius 1 is 1.10 bits per heavy atom. The van der Waals surface area contributed by atoms with Crippen molar-refractivity contribution in [1.29, 1.82) is 0 Å². The molecule has 0 unspecified atom stereocenters. The molecule has 0 radical (unpaired) electrons. The molecule has 2 aromatic heterocycles. The molecule has 2 nitrogen and oxygen atoms in total. The standard InChI is InChI=1S/C15H12Cl2N2S/c16-10-1-3-12-13(6-8-19-14(12)9-10)18-7-5-11-2-4-15(17)20-11/h1-4,6,8-9H,5,7H2,(H,18,19). The van der Waals surface area contributed by atoms with Gasteiger partial charge in [0.05, 0.1) is 9.85 Å². The van der Waals surface area contributed by atoms with E-state index in [4.69, 9.17) is 23.2 Å². The predicted molar refractivity (Wildman–Crippen MR) is 88.3 cm³/mol. The zero-order valence-electron chi connectivity index (χ0n) is 10.6. The van der Waals surface area contributed by atoms with Crippen molar-refractivity contribution in [1.82, 2.24) is 4.98 Å². The van der Waals surface area contributed by atoms with Crippen LogP contribution in [0.5, 0.6) is 0 Å². The molecule has 3 rings (SSSR count). The van der Waals surface area contributed by atoms with Crippen LogP contribution in [-0.4, -0.2) is 11.5 Å². The molecule has 0 aliphatic heterocycles. The van der Waals surface area contributed by atoms with Gasteiger partial charge in [0.2, 0.25) is 0 Å². The average molecular weight is 323 g/mol. The number of aromatic nitrogens is 1. The SMILES string of the molecule is Clc1ccc2c(NCCc3ccc(Cl)s3)ccnc2c1. The largest absolute Gasteiger partial charge is 0.384 e. The minimum Gasteiger partial charge on any atom is -0.384 e. The minimum atomic E-state index is 0.704. The Hall–Kier alpha value is -1.29. The van der Waals surface area contributed by atoms with Gasteiger partial charge in [-0.15, -0.1) is 11.3 Å². The maximum absolute atomic E-state index is 5.99. The summed E-state index contributed by atoms with van der Waals surface area (Å²) >= 11 is 13.5. The van der Waals surface area contributed by atoms with E-state index in [-0.39, 0.29) is 0 Å². The highest BCUT2D eigenvalue weighted by Gasteiger charge is 2.03. The number of hydrogen-bond donors (Lipinski definition) is 1. The molecule has 0 aliphatic carbocycles. The molecule has 0 atom stereocenters. The number of pyridine rings is 1. The van der Waals surface area contributed by atoms with Crippen molar-refractivity contribution in [3.8, 4) is 0 Å². The molecule has 5 heteroatoms. The van der Waals surface area contributed by atoms with Crippen molar-refractivity contribution < 1.29 is 0 Å². The third kappa shape index (κ3) is 3.06. The molecule has 3 aromatic rings. The Kier molecular flexibility index (Phi) is 4.10. The topological polar surface area (TPSA) is 24.9 Å². The van der Waals surface area contributed by atoms with Crippen molar-refractivity contribution in [2.45, 2.75) is 6.42 Å². The maximum atomic E-state index is 5.99. The fourth-order valence-electron chi connectivity index (χ4n) is 2.08. The van der Waals surface area contributed by atoms with Gasteiger partial charge in [0.15, 0.2) is 0 Å². The number of hydrogen-bond acceptors (Lipinski definition) is 3. The predicted octanol–water partition coefficient (Wildman–Crippen LogP) is 5.26. The molecule has 1 aromatic carbocycles. The summed E-state index contributed by atoms with van der Waals surface area (Å²) in [6, 6.07) is 11.7. The lowest BCUT2D eigenvalue weighted by molar-refractivity contribution is 1.05. The van der Waals surface area contributed by atoms with Gasteiger partial charge in [0, 0.05) is 33.7 Å². The normalized spacial score (nSPS) is 10.9. The Balaban J connectivity index is 1.74. The summed E-state index contributed by atoms with van der Waals surface area (Å²) in [5, 5.41) is 5.23. The highest BCUT2D eigenvalue weighted by molar-refractivity contribution is 7.16. The Morgan fingerprint density at radius 2 is 2.00 bits per heavy atom. The quantitative estimate of drug-likeness (QED) is 0.708. The van der Waals surface area contributed by atoms with E-state index in [2.05, 4.69) is 16.4 Å². The van der Waals surface area contributed by atoms with E-state index in [1.54, 1.807) is 17.5 Å². The van der Waals surface area contributed by atoms with Crippen molar-refractivity contribution in [2.75, 3.05) is 11.9 Å². The van der Waals surface area contributed by atoms with E-state index < -0.39 is 0 Å².